The van der Waals surface area contributed by atoms with Crippen LogP contribution in [0.2, 0.25) is 0 Å². The minimum Gasteiger partial charge on any atom is -0.457 e. The highest BCUT2D eigenvalue weighted by Crippen LogP contribution is 2.38. The Kier molecular flexibility index (Phi) is 6.68. The monoisotopic (exact) mass is 413 g/mol. The zero-order chi connectivity index (χ0) is 21.0. The molecule has 29 heavy (non-hydrogen) atoms. The van der Waals surface area contributed by atoms with Crippen molar-refractivity contribution in [2.75, 3.05) is 24.6 Å². The van der Waals surface area contributed by atoms with Crippen molar-refractivity contribution in [1.29, 1.82) is 5.26 Å². The van der Waals surface area contributed by atoms with E-state index in [1.54, 1.807) is 12.1 Å². The number of anilines is 1. The second kappa shape index (κ2) is 9.21. The van der Waals surface area contributed by atoms with E-state index in [0.29, 0.717) is 34.1 Å². The Labute approximate surface area is 173 Å². The van der Waals surface area contributed by atoms with Gasteiger partial charge in [0.05, 0.1) is 22.2 Å². The summed E-state index contributed by atoms with van der Waals surface area (Å²) in [5, 5.41) is 9.48. The molecule has 1 aliphatic rings. The number of piperidine rings is 1. The van der Waals surface area contributed by atoms with Gasteiger partial charge in [0.1, 0.15) is 23.4 Å². The van der Waals surface area contributed by atoms with Crippen LogP contribution in [0.25, 0.3) is 5.57 Å². The van der Waals surface area contributed by atoms with Gasteiger partial charge in [-0.3, -0.25) is 0 Å². The molecule has 0 aromatic heterocycles. The number of nitrogen functional groups attached to an aromatic ring is 1. The van der Waals surface area contributed by atoms with Crippen LogP contribution < -0.4 is 10.5 Å². The molecule has 1 fully saturated rings. The largest absolute Gasteiger partial charge is 0.457 e. The molecule has 0 radical (unpaired) electrons. The topological polar surface area (TPSA) is 79.3 Å². The van der Waals surface area contributed by atoms with Gasteiger partial charge in [0.2, 0.25) is 0 Å². The summed E-state index contributed by atoms with van der Waals surface area (Å²) in [7, 11) is -0.934. The van der Waals surface area contributed by atoms with E-state index in [9.17, 15) is 13.9 Å². The number of rotatable bonds is 6. The molecule has 5 nitrogen and oxygen atoms in total. The Morgan fingerprint density at radius 3 is 2.55 bits per heavy atom. The summed E-state index contributed by atoms with van der Waals surface area (Å²) in [6.45, 7) is 7.63. The molecule has 1 atom stereocenters. The second-order valence-electron chi connectivity index (χ2n) is 6.94. The van der Waals surface area contributed by atoms with Crippen LogP contribution in [0.3, 0.4) is 0 Å². The zero-order valence-electron chi connectivity index (χ0n) is 16.4. The molecular formula is C22H24FN3O2S. The Hall–Kier alpha value is -2.69. The van der Waals surface area contributed by atoms with Gasteiger partial charge in [-0.2, -0.15) is 5.26 Å². The number of hydrogen-bond donors (Lipinski definition) is 1. The van der Waals surface area contributed by atoms with Crippen LogP contribution in [0.1, 0.15) is 30.9 Å². The van der Waals surface area contributed by atoms with Gasteiger partial charge in [0.15, 0.2) is 0 Å². The maximum atomic E-state index is 13.1. The van der Waals surface area contributed by atoms with Gasteiger partial charge in [0, 0.05) is 30.5 Å². The highest BCUT2D eigenvalue weighted by molar-refractivity contribution is 7.82. The Balaban J connectivity index is 1.82. The lowest BCUT2D eigenvalue weighted by Gasteiger charge is -2.32. The number of nitrogens with two attached hydrogens (primary N) is 1. The van der Waals surface area contributed by atoms with E-state index in [2.05, 4.69) is 12.6 Å². The van der Waals surface area contributed by atoms with E-state index in [0.717, 1.165) is 31.5 Å². The SMILES string of the molecule is C=C(c1cc(Oc2ccc(F)cc2)cc(C#N)c1N)C1CCN(S(=O)CC)CC1. The predicted molar refractivity (Wildman–Crippen MR) is 114 cm³/mol. The van der Waals surface area contributed by atoms with Gasteiger partial charge in [-0.25, -0.2) is 12.9 Å². The lowest BCUT2D eigenvalue weighted by atomic mass is 9.85. The quantitative estimate of drug-likeness (QED) is 0.708. The molecule has 2 aromatic rings. The molecule has 7 heteroatoms. The summed E-state index contributed by atoms with van der Waals surface area (Å²) in [4.78, 5) is 0. The van der Waals surface area contributed by atoms with Crippen molar-refractivity contribution >= 4 is 22.2 Å². The van der Waals surface area contributed by atoms with Gasteiger partial charge in [-0.1, -0.05) is 13.5 Å². The summed E-state index contributed by atoms with van der Waals surface area (Å²) < 4.78 is 32.9. The van der Waals surface area contributed by atoms with Crippen molar-refractivity contribution in [3.63, 3.8) is 0 Å². The smallest absolute Gasteiger partial charge is 0.129 e. The third-order valence-corrected chi connectivity index (χ3v) is 6.59. The molecule has 3 rings (SSSR count). The molecule has 1 saturated heterocycles. The van der Waals surface area contributed by atoms with E-state index in [1.165, 1.54) is 24.3 Å². The highest BCUT2D eigenvalue weighted by atomic mass is 32.2. The zero-order valence-corrected chi connectivity index (χ0v) is 17.2. The van der Waals surface area contributed by atoms with Crippen molar-refractivity contribution in [3.8, 4) is 17.6 Å². The number of allylic oxidation sites excluding steroid dienone is 1. The summed E-state index contributed by atoms with van der Waals surface area (Å²) in [6, 6.07) is 11.1. The minimum absolute atomic E-state index is 0.190. The number of nitriles is 1. The average Bonchev–Trinajstić information content (AvgIpc) is 2.75. The van der Waals surface area contributed by atoms with Crippen LogP contribution in [0, 0.1) is 23.1 Å². The van der Waals surface area contributed by atoms with Crippen LogP contribution in [0.15, 0.2) is 43.0 Å². The average molecular weight is 414 g/mol. The van der Waals surface area contributed by atoms with Gasteiger partial charge >= 0.3 is 0 Å². The van der Waals surface area contributed by atoms with Crippen molar-refractivity contribution in [3.05, 3.63) is 59.9 Å². The Bertz CT molecular complexity index is 961. The molecular weight excluding hydrogens is 389 g/mol. The van der Waals surface area contributed by atoms with Crippen molar-refractivity contribution < 1.29 is 13.3 Å². The van der Waals surface area contributed by atoms with Crippen LogP contribution in [-0.4, -0.2) is 27.4 Å². The lowest BCUT2D eigenvalue weighted by Crippen LogP contribution is -2.36. The molecule has 2 aromatic carbocycles. The van der Waals surface area contributed by atoms with E-state index in [4.69, 9.17) is 10.5 Å². The van der Waals surface area contributed by atoms with Gasteiger partial charge in [0.25, 0.3) is 0 Å². The van der Waals surface area contributed by atoms with Crippen molar-refractivity contribution in [2.24, 2.45) is 5.92 Å². The molecule has 1 heterocycles. The molecule has 0 bridgehead atoms. The normalized spacial score (nSPS) is 16.2. The van der Waals surface area contributed by atoms with E-state index in [1.807, 2.05) is 11.2 Å². The summed E-state index contributed by atoms with van der Waals surface area (Å²) in [5.41, 5.74) is 8.47. The fraction of sp³-hybridized carbons (Fsp3) is 0.318. The minimum atomic E-state index is -0.934. The second-order valence-corrected chi connectivity index (χ2v) is 8.68. The third kappa shape index (κ3) is 4.84. The summed E-state index contributed by atoms with van der Waals surface area (Å²) >= 11 is 0. The van der Waals surface area contributed by atoms with Gasteiger partial charge in [-0.15, -0.1) is 0 Å². The van der Waals surface area contributed by atoms with E-state index < -0.39 is 11.0 Å². The van der Waals surface area contributed by atoms with Crippen LogP contribution in [0.5, 0.6) is 11.5 Å². The first kappa shape index (κ1) is 21.0. The molecule has 0 amide bonds. The molecule has 152 valence electrons. The third-order valence-electron chi connectivity index (χ3n) is 5.15. The number of nitrogens with zero attached hydrogens (tertiary/aromatic N) is 2. The number of ether oxygens (including phenoxy) is 1. The first-order valence-electron chi connectivity index (χ1n) is 9.52. The molecule has 1 unspecified atom stereocenters. The molecule has 0 saturated carbocycles. The van der Waals surface area contributed by atoms with E-state index in [-0.39, 0.29) is 11.7 Å². The fourth-order valence-electron chi connectivity index (χ4n) is 3.49. The number of halogens is 1. The summed E-state index contributed by atoms with van der Waals surface area (Å²) in [6.07, 6.45) is 1.66. The van der Waals surface area contributed by atoms with Crippen LogP contribution in [0.4, 0.5) is 10.1 Å². The maximum Gasteiger partial charge on any atom is 0.129 e. The Morgan fingerprint density at radius 2 is 1.97 bits per heavy atom. The highest BCUT2D eigenvalue weighted by Gasteiger charge is 2.26. The fourth-order valence-corrected chi connectivity index (χ4v) is 4.48. The first-order valence-corrected chi connectivity index (χ1v) is 10.8. The first-order chi connectivity index (χ1) is 13.9. The van der Waals surface area contributed by atoms with Crippen molar-refractivity contribution in [1.82, 2.24) is 4.31 Å². The number of benzene rings is 2. The number of hydrogen-bond acceptors (Lipinski definition) is 4. The molecule has 1 aliphatic heterocycles. The van der Waals surface area contributed by atoms with Crippen LogP contribution >= 0.6 is 0 Å². The van der Waals surface area contributed by atoms with Crippen molar-refractivity contribution in [2.45, 2.75) is 19.8 Å². The Morgan fingerprint density at radius 1 is 1.31 bits per heavy atom. The van der Waals surface area contributed by atoms with Gasteiger partial charge < -0.3 is 10.5 Å². The predicted octanol–water partition coefficient (Wildman–Crippen LogP) is 4.48. The molecule has 0 spiro atoms. The lowest BCUT2D eigenvalue weighted by molar-refractivity contribution is 0.325. The van der Waals surface area contributed by atoms with Gasteiger partial charge in [-0.05, 0) is 54.7 Å². The summed E-state index contributed by atoms with van der Waals surface area (Å²) in [5.74, 6) is 1.37. The van der Waals surface area contributed by atoms with Crippen LogP contribution in [-0.2, 0) is 11.0 Å². The maximum absolute atomic E-state index is 13.1. The molecule has 0 aliphatic carbocycles. The standard InChI is InChI=1S/C22H24FN3O2S/c1-3-29(27)26-10-8-16(9-11-26)15(2)21-13-20(12-17(14-24)22(21)25)28-19-6-4-18(23)5-7-19/h4-7,12-13,16H,2-3,8-11,25H2,1H3. The van der Waals surface area contributed by atoms with E-state index >= 15 is 0 Å². The molecule has 2 N–H and O–H groups in total.